The van der Waals surface area contributed by atoms with Gasteiger partial charge in [0.15, 0.2) is 6.29 Å². The summed E-state index contributed by atoms with van der Waals surface area (Å²) in [6.45, 7) is 0. The van der Waals surface area contributed by atoms with Gasteiger partial charge in [0.05, 0.1) is 10.9 Å². The highest BCUT2D eigenvalue weighted by atomic mass is 19.1. The molecule has 1 aromatic carbocycles. The lowest BCUT2D eigenvalue weighted by molar-refractivity contribution is 0.112. The average Bonchev–Trinajstić information content (AvgIpc) is 2.50. The molecule has 2 aromatic rings. The zero-order valence-corrected chi connectivity index (χ0v) is 7.49. The molecule has 1 N–H and O–H groups in total. The van der Waals surface area contributed by atoms with Crippen molar-refractivity contribution in [2.45, 2.75) is 0 Å². The number of aryl methyl sites for hydroxylation is 1. The third kappa shape index (κ3) is 1.00. The van der Waals surface area contributed by atoms with Gasteiger partial charge in [0, 0.05) is 18.8 Å². The largest absolute Gasteiger partial charge is 0.507 e. The molecule has 4 heteroatoms. The molecule has 0 saturated heterocycles. The van der Waals surface area contributed by atoms with Crippen LogP contribution in [0.1, 0.15) is 10.4 Å². The lowest BCUT2D eigenvalue weighted by Crippen LogP contribution is -1.87. The fourth-order valence-electron chi connectivity index (χ4n) is 1.61. The van der Waals surface area contributed by atoms with Crippen LogP contribution in [0.25, 0.3) is 10.9 Å². The third-order valence-corrected chi connectivity index (χ3v) is 2.21. The van der Waals surface area contributed by atoms with Gasteiger partial charge < -0.3 is 9.67 Å². The number of aromatic nitrogens is 1. The maximum atomic E-state index is 13.3. The molecule has 0 aliphatic heterocycles. The van der Waals surface area contributed by atoms with E-state index in [-0.39, 0.29) is 16.7 Å². The highest BCUT2D eigenvalue weighted by molar-refractivity contribution is 6.01. The summed E-state index contributed by atoms with van der Waals surface area (Å²) < 4.78 is 14.8. The molecule has 0 spiro atoms. The number of phenols is 1. The van der Waals surface area contributed by atoms with Crippen LogP contribution in [0, 0.1) is 5.82 Å². The fraction of sp³-hybridized carbons (Fsp3) is 0.100. The van der Waals surface area contributed by atoms with Gasteiger partial charge in [-0.1, -0.05) is 0 Å². The molecule has 0 amide bonds. The summed E-state index contributed by atoms with van der Waals surface area (Å²) in [6, 6.07) is 2.41. The first-order chi connectivity index (χ1) is 6.65. The smallest absolute Gasteiger partial charge is 0.152 e. The molecule has 0 atom stereocenters. The van der Waals surface area contributed by atoms with E-state index in [0.717, 1.165) is 0 Å². The minimum Gasteiger partial charge on any atom is -0.507 e. The Labute approximate surface area is 79.4 Å². The molecular weight excluding hydrogens is 185 g/mol. The number of phenolic OH excluding ortho intramolecular Hbond substituents is 1. The van der Waals surface area contributed by atoms with Crippen molar-refractivity contribution in [3.8, 4) is 5.75 Å². The number of rotatable bonds is 1. The van der Waals surface area contributed by atoms with Crippen molar-refractivity contribution < 1.29 is 14.3 Å². The van der Waals surface area contributed by atoms with Crippen LogP contribution in [0.15, 0.2) is 18.3 Å². The topological polar surface area (TPSA) is 42.2 Å². The molecule has 2 rings (SSSR count). The summed E-state index contributed by atoms with van der Waals surface area (Å²) in [7, 11) is 1.62. The van der Waals surface area contributed by atoms with Crippen LogP contribution in [0.2, 0.25) is 0 Å². The molecule has 0 radical (unpaired) electrons. The lowest BCUT2D eigenvalue weighted by Gasteiger charge is -1.99. The van der Waals surface area contributed by atoms with Crippen molar-refractivity contribution in [2.75, 3.05) is 0 Å². The maximum Gasteiger partial charge on any atom is 0.152 e. The lowest BCUT2D eigenvalue weighted by atomic mass is 10.1. The summed E-state index contributed by atoms with van der Waals surface area (Å²) in [5, 5.41) is 9.75. The number of fused-ring (bicyclic) bond motifs is 1. The number of hydrogen-bond acceptors (Lipinski definition) is 2. The second kappa shape index (κ2) is 2.83. The van der Waals surface area contributed by atoms with Crippen LogP contribution in [-0.4, -0.2) is 16.0 Å². The van der Waals surface area contributed by atoms with Gasteiger partial charge in [-0.2, -0.15) is 0 Å². The molecule has 1 heterocycles. The normalized spacial score (nSPS) is 10.7. The molecule has 1 aromatic heterocycles. The quantitative estimate of drug-likeness (QED) is 0.702. The van der Waals surface area contributed by atoms with Crippen LogP contribution < -0.4 is 0 Å². The molecule has 0 unspecified atom stereocenters. The van der Waals surface area contributed by atoms with E-state index in [2.05, 4.69) is 0 Å². The van der Waals surface area contributed by atoms with E-state index in [1.165, 1.54) is 22.9 Å². The highest BCUT2D eigenvalue weighted by Gasteiger charge is 2.13. The van der Waals surface area contributed by atoms with Gasteiger partial charge in [-0.05, 0) is 12.1 Å². The Balaban J connectivity index is 3.02. The Hall–Kier alpha value is -1.84. The van der Waals surface area contributed by atoms with Crippen molar-refractivity contribution in [1.82, 2.24) is 4.57 Å². The van der Waals surface area contributed by atoms with E-state index in [1.807, 2.05) is 0 Å². The first-order valence-electron chi connectivity index (χ1n) is 4.07. The number of nitrogens with zero attached hydrogens (tertiary/aromatic N) is 1. The zero-order chi connectivity index (χ0) is 10.3. The van der Waals surface area contributed by atoms with E-state index < -0.39 is 5.82 Å². The minimum absolute atomic E-state index is 0.0795. The van der Waals surface area contributed by atoms with E-state index >= 15 is 0 Å². The standard InChI is InChI=1S/C10H8FNO2/c1-12-4-6(5-13)9-8(14)3-2-7(11)10(9)12/h2-5,14H,1H3. The molecule has 0 aliphatic rings. The Bertz CT molecular complexity index is 516. The molecule has 72 valence electrons. The Morgan fingerprint density at radius 1 is 1.50 bits per heavy atom. The van der Waals surface area contributed by atoms with Crippen molar-refractivity contribution in [3.05, 3.63) is 29.7 Å². The highest BCUT2D eigenvalue weighted by Crippen LogP contribution is 2.30. The summed E-state index contributed by atoms with van der Waals surface area (Å²) >= 11 is 0. The SMILES string of the molecule is Cn1cc(C=O)c2c(O)ccc(F)c21. The predicted molar refractivity (Wildman–Crippen MR) is 49.9 cm³/mol. The first-order valence-corrected chi connectivity index (χ1v) is 4.07. The molecule has 0 aliphatic carbocycles. The van der Waals surface area contributed by atoms with Crippen LogP contribution in [0.5, 0.6) is 5.75 Å². The predicted octanol–water partition coefficient (Wildman–Crippen LogP) is 1.84. The first kappa shape index (κ1) is 8.74. The molecule has 14 heavy (non-hydrogen) atoms. The van der Waals surface area contributed by atoms with Gasteiger partial charge >= 0.3 is 0 Å². The van der Waals surface area contributed by atoms with Gasteiger partial charge in [0.25, 0.3) is 0 Å². The number of hydrogen-bond donors (Lipinski definition) is 1. The van der Waals surface area contributed by atoms with E-state index in [0.29, 0.717) is 11.8 Å². The summed E-state index contributed by atoms with van der Waals surface area (Å²) in [5.41, 5.74) is 0.534. The van der Waals surface area contributed by atoms with Crippen LogP contribution in [0.3, 0.4) is 0 Å². The van der Waals surface area contributed by atoms with Crippen molar-refractivity contribution in [2.24, 2.45) is 7.05 Å². The fourth-order valence-corrected chi connectivity index (χ4v) is 1.61. The zero-order valence-electron chi connectivity index (χ0n) is 7.49. The van der Waals surface area contributed by atoms with Gasteiger partial charge in [0.2, 0.25) is 0 Å². The average molecular weight is 193 g/mol. The number of aromatic hydroxyl groups is 1. The monoisotopic (exact) mass is 193 g/mol. The second-order valence-electron chi connectivity index (χ2n) is 3.10. The van der Waals surface area contributed by atoms with Crippen molar-refractivity contribution in [1.29, 1.82) is 0 Å². The summed E-state index contributed by atoms with van der Waals surface area (Å²) in [5.74, 6) is -0.530. The van der Waals surface area contributed by atoms with E-state index in [4.69, 9.17) is 0 Å². The van der Waals surface area contributed by atoms with Crippen molar-refractivity contribution >= 4 is 17.2 Å². The third-order valence-electron chi connectivity index (χ3n) is 2.21. The number of aldehydes is 1. The molecule has 0 fully saturated rings. The number of benzene rings is 1. The van der Waals surface area contributed by atoms with E-state index in [1.54, 1.807) is 7.05 Å². The Kier molecular flexibility index (Phi) is 1.77. The Morgan fingerprint density at radius 2 is 2.21 bits per heavy atom. The van der Waals surface area contributed by atoms with Gasteiger partial charge in [0.1, 0.15) is 11.6 Å². The second-order valence-corrected chi connectivity index (χ2v) is 3.10. The number of carbonyl (C=O) groups excluding carboxylic acids is 1. The Morgan fingerprint density at radius 3 is 2.86 bits per heavy atom. The van der Waals surface area contributed by atoms with Crippen LogP contribution >= 0.6 is 0 Å². The number of halogens is 1. The molecule has 3 nitrogen and oxygen atoms in total. The van der Waals surface area contributed by atoms with Crippen LogP contribution in [-0.2, 0) is 7.05 Å². The van der Waals surface area contributed by atoms with Gasteiger partial charge in [-0.15, -0.1) is 0 Å². The summed E-state index contributed by atoms with van der Waals surface area (Å²) in [6.07, 6.45) is 2.09. The number of carbonyl (C=O) groups is 1. The van der Waals surface area contributed by atoms with Crippen molar-refractivity contribution in [3.63, 3.8) is 0 Å². The van der Waals surface area contributed by atoms with Crippen LogP contribution in [0.4, 0.5) is 4.39 Å². The maximum absolute atomic E-state index is 13.3. The molecule has 0 saturated carbocycles. The van der Waals surface area contributed by atoms with Gasteiger partial charge in [-0.25, -0.2) is 4.39 Å². The summed E-state index contributed by atoms with van der Waals surface area (Å²) in [4.78, 5) is 10.7. The van der Waals surface area contributed by atoms with Gasteiger partial charge in [-0.3, -0.25) is 4.79 Å². The molecular formula is C10H8FNO2. The van der Waals surface area contributed by atoms with E-state index in [9.17, 15) is 14.3 Å². The molecule has 0 bridgehead atoms. The minimum atomic E-state index is -0.451.